The summed E-state index contributed by atoms with van der Waals surface area (Å²) in [6, 6.07) is 9.20. The molecule has 1 aliphatic heterocycles. The normalized spacial score (nSPS) is 17.2. The van der Waals surface area contributed by atoms with Gasteiger partial charge in [-0.25, -0.2) is 13.4 Å². The van der Waals surface area contributed by atoms with E-state index in [1.54, 1.807) is 35.2 Å². The molecule has 0 spiro atoms. The first kappa shape index (κ1) is 23.1. The van der Waals surface area contributed by atoms with Crippen molar-refractivity contribution in [3.8, 4) is 0 Å². The Balaban J connectivity index is 1.69. The van der Waals surface area contributed by atoms with Crippen molar-refractivity contribution in [3.05, 3.63) is 39.5 Å². The van der Waals surface area contributed by atoms with Gasteiger partial charge >= 0.3 is 0 Å². The van der Waals surface area contributed by atoms with Crippen molar-refractivity contribution in [1.29, 1.82) is 0 Å². The molecule has 1 aliphatic rings. The predicted molar refractivity (Wildman–Crippen MR) is 128 cm³/mol. The summed E-state index contributed by atoms with van der Waals surface area (Å²) in [5, 5.41) is 0.868. The topological polar surface area (TPSA) is 64.4 Å². The van der Waals surface area contributed by atoms with Crippen LogP contribution in [0.3, 0.4) is 0 Å². The van der Waals surface area contributed by atoms with Gasteiger partial charge in [0.1, 0.15) is 0 Å². The number of hydrogen-bond acceptors (Lipinski definition) is 6. The monoisotopic (exact) mass is 499 g/mol. The lowest BCUT2D eigenvalue weighted by atomic mass is 10.2. The van der Waals surface area contributed by atoms with E-state index in [1.165, 1.54) is 9.18 Å². The second kappa shape index (κ2) is 9.80. The number of nitrogens with zero attached hydrogens (tertiary/aromatic N) is 3. The molecule has 10 heteroatoms. The number of benzene rings is 1. The van der Waals surface area contributed by atoms with Crippen molar-refractivity contribution < 1.29 is 13.2 Å². The summed E-state index contributed by atoms with van der Waals surface area (Å²) in [7, 11) is -3.53. The predicted octanol–water partition coefficient (Wildman–Crippen LogP) is 5.25. The summed E-state index contributed by atoms with van der Waals surface area (Å²) >= 11 is 9.28. The Morgan fingerprint density at radius 3 is 2.74 bits per heavy atom. The fraction of sp³-hybridized carbons (Fsp3) is 0.476. The molecule has 0 radical (unpaired) electrons. The van der Waals surface area contributed by atoms with Crippen LogP contribution in [0.15, 0.2) is 40.4 Å². The zero-order valence-electron chi connectivity index (χ0n) is 17.6. The summed E-state index contributed by atoms with van der Waals surface area (Å²) in [6.07, 6.45) is 2.25. The van der Waals surface area contributed by atoms with Crippen molar-refractivity contribution in [1.82, 2.24) is 13.9 Å². The van der Waals surface area contributed by atoms with Gasteiger partial charge in [-0.3, -0.25) is 0 Å². The SMILES string of the molecule is CCN(CC)S(=O)(=O)c1ccc2c(c1)nc(SCc1ccc(Cl)s1)n2C[C@H]1CCCO1. The van der Waals surface area contributed by atoms with Crippen molar-refractivity contribution in [2.75, 3.05) is 19.7 Å². The molecule has 1 fully saturated rings. The molecule has 168 valence electrons. The fourth-order valence-electron chi connectivity index (χ4n) is 3.80. The smallest absolute Gasteiger partial charge is 0.243 e. The van der Waals surface area contributed by atoms with E-state index in [-0.39, 0.29) is 11.0 Å². The number of thioether (sulfide) groups is 1. The average molecular weight is 500 g/mol. The van der Waals surface area contributed by atoms with Gasteiger partial charge in [0.05, 0.1) is 32.9 Å². The molecule has 0 unspecified atom stereocenters. The number of thiophene rings is 1. The van der Waals surface area contributed by atoms with Gasteiger partial charge in [-0.05, 0) is 43.2 Å². The zero-order valence-corrected chi connectivity index (χ0v) is 20.8. The second-order valence-electron chi connectivity index (χ2n) is 7.37. The Hall–Kier alpha value is -1.10. The van der Waals surface area contributed by atoms with E-state index in [2.05, 4.69) is 4.57 Å². The molecule has 6 nitrogen and oxygen atoms in total. The van der Waals surface area contributed by atoms with Crippen molar-refractivity contribution >= 4 is 55.8 Å². The Bertz CT molecular complexity index is 1150. The van der Waals surface area contributed by atoms with E-state index in [0.717, 1.165) is 40.2 Å². The van der Waals surface area contributed by atoms with Crippen molar-refractivity contribution in [3.63, 3.8) is 0 Å². The summed E-state index contributed by atoms with van der Waals surface area (Å²) in [4.78, 5) is 6.28. The van der Waals surface area contributed by atoms with Crippen LogP contribution in [0.2, 0.25) is 4.34 Å². The van der Waals surface area contributed by atoms with Gasteiger partial charge in [-0.1, -0.05) is 37.2 Å². The van der Waals surface area contributed by atoms with Gasteiger partial charge in [0.15, 0.2) is 5.16 Å². The highest BCUT2D eigenvalue weighted by Gasteiger charge is 2.24. The number of imidazole rings is 1. The first-order chi connectivity index (χ1) is 14.9. The maximum atomic E-state index is 13.0. The summed E-state index contributed by atoms with van der Waals surface area (Å²) < 4.78 is 36.2. The maximum absolute atomic E-state index is 13.0. The van der Waals surface area contributed by atoms with Gasteiger partial charge in [0.25, 0.3) is 0 Å². The number of ether oxygens (including phenoxy) is 1. The van der Waals surface area contributed by atoms with E-state index in [4.69, 9.17) is 21.3 Å². The van der Waals surface area contributed by atoms with Crippen molar-refractivity contribution in [2.45, 2.75) is 55.1 Å². The number of sulfonamides is 1. The van der Waals surface area contributed by atoms with E-state index >= 15 is 0 Å². The summed E-state index contributed by atoms with van der Waals surface area (Å²) in [5.41, 5.74) is 1.62. The molecule has 1 aromatic carbocycles. The highest BCUT2D eigenvalue weighted by Crippen LogP contribution is 2.32. The number of hydrogen-bond donors (Lipinski definition) is 0. The Labute approximate surface area is 196 Å². The number of rotatable bonds is 9. The molecule has 0 bridgehead atoms. The molecule has 4 rings (SSSR count). The van der Waals surface area contributed by atoms with Crippen LogP contribution in [-0.2, 0) is 27.1 Å². The number of fused-ring (bicyclic) bond motifs is 1. The van der Waals surface area contributed by atoms with Crippen LogP contribution in [0.1, 0.15) is 31.6 Å². The third-order valence-corrected chi connectivity index (χ3v) is 9.90. The highest BCUT2D eigenvalue weighted by molar-refractivity contribution is 7.98. The van der Waals surface area contributed by atoms with Gasteiger partial charge in [-0.2, -0.15) is 4.31 Å². The minimum absolute atomic E-state index is 0.159. The second-order valence-corrected chi connectivity index (χ2v) is 12.1. The molecule has 3 heterocycles. The molecule has 31 heavy (non-hydrogen) atoms. The highest BCUT2D eigenvalue weighted by atomic mass is 35.5. The molecule has 3 aromatic rings. The van der Waals surface area contributed by atoms with Crippen LogP contribution in [0.25, 0.3) is 11.0 Å². The first-order valence-corrected chi connectivity index (χ1v) is 14.0. The number of aromatic nitrogens is 2. The quantitative estimate of drug-likeness (QED) is 0.376. The molecule has 2 aromatic heterocycles. The van der Waals surface area contributed by atoms with Crippen LogP contribution in [0.5, 0.6) is 0 Å². The molecular weight excluding hydrogens is 474 g/mol. The largest absolute Gasteiger partial charge is 0.376 e. The lowest BCUT2D eigenvalue weighted by Crippen LogP contribution is -2.30. The molecule has 0 amide bonds. The van der Waals surface area contributed by atoms with Gasteiger partial charge < -0.3 is 9.30 Å². The van der Waals surface area contributed by atoms with Gasteiger partial charge in [0.2, 0.25) is 10.0 Å². The Morgan fingerprint density at radius 2 is 2.10 bits per heavy atom. The molecule has 0 N–H and O–H groups in total. The lowest BCUT2D eigenvalue weighted by Gasteiger charge is -2.18. The zero-order chi connectivity index (χ0) is 22.0. The summed E-state index contributed by atoms with van der Waals surface area (Å²) in [6.45, 7) is 6.08. The van der Waals surface area contributed by atoms with Crippen LogP contribution < -0.4 is 0 Å². The molecular formula is C21H26ClN3O3S3. The van der Waals surface area contributed by atoms with Crippen molar-refractivity contribution in [2.24, 2.45) is 0 Å². The van der Waals surface area contributed by atoms with E-state index < -0.39 is 10.0 Å². The van der Waals surface area contributed by atoms with Crippen LogP contribution in [0, 0.1) is 0 Å². The Kier molecular flexibility index (Phi) is 7.30. The minimum Gasteiger partial charge on any atom is -0.376 e. The van der Waals surface area contributed by atoms with Crippen LogP contribution >= 0.6 is 34.7 Å². The molecule has 1 saturated heterocycles. The minimum atomic E-state index is -3.53. The standard InChI is InChI=1S/C21H26ClN3O3S3/c1-3-24(4-2)31(26,27)17-8-9-19-18(12-17)23-21(25(19)13-15-6-5-11-28-15)29-14-16-7-10-20(22)30-16/h7-10,12,15H,3-6,11,13-14H2,1-2H3/t15-/m1/s1. The van der Waals surface area contributed by atoms with E-state index in [1.807, 2.05) is 32.0 Å². The van der Waals surface area contributed by atoms with E-state index in [0.29, 0.717) is 25.2 Å². The third kappa shape index (κ3) is 4.96. The third-order valence-electron chi connectivity index (χ3n) is 5.41. The molecule has 1 atom stereocenters. The fourth-order valence-corrected chi connectivity index (χ4v) is 7.44. The van der Waals surface area contributed by atoms with Gasteiger partial charge in [-0.15, -0.1) is 11.3 Å². The Morgan fingerprint density at radius 1 is 1.29 bits per heavy atom. The number of halogens is 1. The summed E-state index contributed by atoms with van der Waals surface area (Å²) in [5.74, 6) is 0.761. The van der Waals surface area contributed by atoms with Gasteiger partial charge in [0, 0.05) is 30.3 Å². The first-order valence-electron chi connectivity index (χ1n) is 10.4. The maximum Gasteiger partial charge on any atom is 0.243 e. The average Bonchev–Trinajstić information content (AvgIpc) is 3.48. The molecule has 0 aliphatic carbocycles. The molecule has 0 saturated carbocycles. The van der Waals surface area contributed by atoms with Crippen LogP contribution in [-0.4, -0.2) is 48.1 Å². The van der Waals surface area contributed by atoms with E-state index in [9.17, 15) is 8.42 Å². The van der Waals surface area contributed by atoms with Crippen LogP contribution in [0.4, 0.5) is 0 Å². The lowest BCUT2D eigenvalue weighted by molar-refractivity contribution is 0.0960.